The molecule has 0 aromatic heterocycles. The molecule has 1 aromatic carbocycles. The Kier molecular flexibility index (Phi) is 7.14. The number of hydrogen-bond donors (Lipinski definition) is 2. The number of hydrogen-bond acceptors (Lipinski definition) is 2. The highest BCUT2D eigenvalue weighted by Gasteiger charge is 2.29. The van der Waals surface area contributed by atoms with Gasteiger partial charge in [-0.3, -0.25) is 5.43 Å². The van der Waals surface area contributed by atoms with Gasteiger partial charge in [0.15, 0.2) is 5.11 Å². The van der Waals surface area contributed by atoms with Crippen LogP contribution in [0.5, 0.6) is 0 Å². The van der Waals surface area contributed by atoms with Crippen LogP contribution in [0, 0.1) is 0 Å². The van der Waals surface area contributed by atoms with Gasteiger partial charge in [-0.2, -0.15) is 18.3 Å². The summed E-state index contributed by atoms with van der Waals surface area (Å²) in [6, 6.07) is 4.74. The molecule has 1 rings (SSSR count). The van der Waals surface area contributed by atoms with E-state index in [4.69, 9.17) is 12.2 Å². The van der Waals surface area contributed by atoms with Gasteiger partial charge in [0.2, 0.25) is 0 Å². The van der Waals surface area contributed by atoms with Crippen LogP contribution in [0.15, 0.2) is 29.4 Å². The van der Waals surface area contributed by atoms with E-state index in [1.54, 1.807) is 0 Å². The number of nitrogens with one attached hydrogen (secondary N) is 2. The minimum Gasteiger partial charge on any atom is -0.361 e. The lowest BCUT2D eigenvalue weighted by atomic mass is 10.1. The fourth-order valence-electron chi connectivity index (χ4n) is 1.54. The fourth-order valence-corrected chi connectivity index (χ4v) is 1.69. The quantitative estimate of drug-likeness (QED) is 0.363. The van der Waals surface area contributed by atoms with Gasteiger partial charge in [-0.1, -0.05) is 31.9 Å². The van der Waals surface area contributed by atoms with Gasteiger partial charge >= 0.3 is 6.18 Å². The number of benzene rings is 1. The molecule has 0 atom stereocenters. The normalized spacial score (nSPS) is 11.6. The van der Waals surface area contributed by atoms with Crippen LogP contribution >= 0.6 is 12.2 Å². The largest absolute Gasteiger partial charge is 0.416 e. The highest BCUT2D eigenvalue weighted by Crippen LogP contribution is 2.28. The smallest absolute Gasteiger partial charge is 0.361 e. The molecule has 0 saturated heterocycles. The lowest BCUT2D eigenvalue weighted by Gasteiger charge is -2.07. The highest BCUT2D eigenvalue weighted by atomic mass is 32.1. The summed E-state index contributed by atoms with van der Waals surface area (Å²) in [5.74, 6) is 0. The molecule has 0 fully saturated rings. The predicted octanol–water partition coefficient (Wildman–Crippen LogP) is 3.69. The minimum absolute atomic E-state index is 0.397. The molecule has 0 aliphatic heterocycles. The van der Waals surface area contributed by atoms with Crippen molar-refractivity contribution < 1.29 is 13.2 Å². The maximum atomic E-state index is 12.4. The second-order valence-electron chi connectivity index (χ2n) is 4.45. The topological polar surface area (TPSA) is 36.4 Å². The van der Waals surface area contributed by atoms with Gasteiger partial charge in [-0.25, -0.2) is 0 Å². The predicted molar refractivity (Wildman–Crippen MR) is 82.3 cm³/mol. The Labute approximate surface area is 127 Å². The van der Waals surface area contributed by atoms with E-state index in [0.717, 1.165) is 37.9 Å². The first-order valence-corrected chi connectivity index (χ1v) is 7.08. The average molecular weight is 317 g/mol. The van der Waals surface area contributed by atoms with E-state index in [0.29, 0.717) is 10.7 Å². The summed E-state index contributed by atoms with van der Waals surface area (Å²) >= 11 is 5.00. The molecular formula is C14H18F3N3S. The van der Waals surface area contributed by atoms with Gasteiger partial charge in [-0.15, -0.1) is 0 Å². The third-order valence-electron chi connectivity index (χ3n) is 2.68. The molecule has 0 spiro atoms. The van der Waals surface area contributed by atoms with Crippen molar-refractivity contribution in [1.82, 2.24) is 10.7 Å². The molecular weight excluding hydrogens is 299 g/mol. The second kappa shape index (κ2) is 8.61. The number of halogens is 3. The number of thiocarbonyl (C=S) groups is 1. The maximum Gasteiger partial charge on any atom is 0.416 e. The first kappa shape index (κ1) is 17.4. The molecule has 0 radical (unpaired) electrons. The van der Waals surface area contributed by atoms with Crippen molar-refractivity contribution in [3.63, 3.8) is 0 Å². The van der Waals surface area contributed by atoms with Crippen LogP contribution in [-0.2, 0) is 6.18 Å². The summed E-state index contributed by atoms with van der Waals surface area (Å²) in [6.45, 7) is 2.89. The highest BCUT2D eigenvalue weighted by molar-refractivity contribution is 7.80. The molecule has 3 nitrogen and oxygen atoms in total. The van der Waals surface area contributed by atoms with Crippen molar-refractivity contribution in [2.75, 3.05) is 6.54 Å². The van der Waals surface area contributed by atoms with Crippen LogP contribution in [0.3, 0.4) is 0 Å². The van der Waals surface area contributed by atoms with Gasteiger partial charge < -0.3 is 5.32 Å². The fraction of sp³-hybridized carbons (Fsp3) is 0.429. The number of unbranched alkanes of at least 4 members (excludes halogenated alkanes) is 2. The Morgan fingerprint density at radius 2 is 1.90 bits per heavy atom. The number of nitrogens with zero attached hydrogens (tertiary/aromatic N) is 1. The van der Waals surface area contributed by atoms with Crippen molar-refractivity contribution >= 4 is 23.5 Å². The zero-order valence-corrected chi connectivity index (χ0v) is 12.5. The Bertz CT molecular complexity index is 469. The van der Waals surface area contributed by atoms with Crippen LogP contribution < -0.4 is 10.7 Å². The van der Waals surface area contributed by atoms with Crippen molar-refractivity contribution in [2.24, 2.45) is 5.10 Å². The summed E-state index contributed by atoms with van der Waals surface area (Å²) < 4.78 is 37.1. The molecule has 0 saturated carbocycles. The van der Waals surface area contributed by atoms with E-state index >= 15 is 0 Å². The molecule has 7 heteroatoms. The first-order chi connectivity index (χ1) is 9.93. The van der Waals surface area contributed by atoms with Crippen LogP contribution in [0.2, 0.25) is 0 Å². The maximum absolute atomic E-state index is 12.4. The van der Waals surface area contributed by atoms with Crippen LogP contribution in [0.25, 0.3) is 0 Å². The molecule has 116 valence electrons. The monoisotopic (exact) mass is 317 g/mol. The summed E-state index contributed by atoms with van der Waals surface area (Å²) in [5, 5.41) is 7.26. The molecule has 0 aliphatic carbocycles. The van der Waals surface area contributed by atoms with Crippen molar-refractivity contribution in [3.8, 4) is 0 Å². The van der Waals surface area contributed by atoms with Gasteiger partial charge in [0.05, 0.1) is 11.8 Å². The molecule has 0 amide bonds. The van der Waals surface area contributed by atoms with Crippen LogP contribution in [0.1, 0.15) is 37.3 Å². The van der Waals surface area contributed by atoms with Gasteiger partial charge in [0.1, 0.15) is 0 Å². The summed E-state index contributed by atoms with van der Waals surface area (Å²) in [5.41, 5.74) is 2.50. The van der Waals surface area contributed by atoms with Gasteiger partial charge in [0, 0.05) is 6.54 Å². The lowest BCUT2D eigenvalue weighted by Crippen LogP contribution is -2.32. The average Bonchev–Trinajstić information content (AvgIpc) is 2.43. The van der Waals surface area contributed by atoms with E-state index in [2.05, 4.69) is 22.8 Å². The van der Waals surface area contributed by atoms with E-state index in [1.165, 1.54) is 18.3 Å². The lowest BCUT2D eigenvalue weighted by molar-refractivity contribution is -0.137. The van der Waals surface area contributed by atoms with Gasteiger partial charge in [-0.05, 0) is 36.3 Å². The van der Waals surface area contributed by atoms with E-state index in [-0.39, 0.29) is 0 Å². The van der Waals surface area contributed by atoms with Crippen molar-refractivity contribution in [2.45, 2.75) is 32.4 Å². The SMILES string of the molecule is CCCCCNC(=S)N/N=C\c1ccc(C(F)(F)F)cc1. The Hall–Kier alpha value is -1.63. The standard InChI is InChI=1S/C14H18F3N3S/c1-2-3-4-9-18-13(21)20-19-10-11-5-7-12(8-6-11)14(15,16)17/h5-8,10H,2-4,9H2,1H3,(H2,18,20,21)/b19-10-. The third kappa shape index (κ3) is 7.08. The molecule has 2 N–H and O–H groups in total. The second-order valence-corrected chi connectivity index (χ2v) is 4.86. The summed E-state index contributed by atoms with van der Waals surface area (Å²) in [6.07, 6.45) is 0.386. The summed E-state index contributed by atoms with van der Waals surface area (Å²) in [4.78, 5) is 0. The van der Waals surface area contributed by atoms with Gasteiger partial charge in [0.25, 0.3) is 0 Å². The number of hydrazone groups is 1. The minimum atomic E-state index is -4.32. The van der Waals surface area contributed by atoms with E-state index in [9.17, 15) is 13.2 Å². The third-order valence-corrected chi connectivity index (χ3v) is 2.92. The van der Waals surface area contributed by atoms with Crippen molar-refractivity contribution in [3.05, 3.63) is 35.4 Å². The number of rotatable bonds is 6. The molecule has 0 aliphatic rings. The number of alkyl halides is 3. The van der Waals surface area contributed by atoms with E-state index in [1.807, 2.05) is 0 Å². The molecule has 1 aromatic rings. The Morgan fingerprint density at radius 1 is 1.24 bits per heavy atom. The molecule has 0 unspecified atom stereocenters. The molecule has 21 heavy (non-hydrogen) atoms. The summed E-state index contributed by atoms with van der Waals surface area (Å²) in [7, 11) is 0. The Morgan fingerprint density at radius 3 is 2.48 bits per heavy atom. The first-order valence-electron chi connectivity index (χ1n) is 6.67. The van der Waals surface area contributed by atoms with Crippen molar-refractivity contribution in [1.29, 1.82) is 0 Å². The van der Waals surface area contributed by atoms with Crippen LogP contribution in [-0.4, -0.2) is 17.9 Å². The zero-order chi connectivity index (χ0) is 15.7. The molecule has 0 bridgehead atoms. The van der Waals surface area contributed by atoms with Crippen LogP contribution in [0.4, 0.5) is 13.2 Å². The molecule has 0 heterocycles. The van der Waals surface area contributed by atoms with E-state index < -0.39 is 11.7 Å². The zero-order valence-electron chi connectivity index (χ0n) is 11.7. The Balaban J connectivity index is 2.38.